The van der Waals surface area contributed by atoms with Gasteiger partial charge in [0.1, 0.15) is 23.9 Å². The van der Waals surface area contributed by atoms with Crippen molar-refractivity contribution in [2.75, 3.05) is 0 Å². The summed E-state index contributed by atoms with van der Waals surface area (Å²) in [4.78, 5) is 12.5. The van der Waals surface area contributed by atoms with E-state index < -0.39 is 5.91 Å². The number of amides is 1. The van der Waals surface area contributed by atoms with E-state index in [1.807, 2.05) is 24.3 Å². The molecule has 0 unspecified atom stereocenters. The van der Waals surface area contributed by atoms with Crippen molar-refractivity contribution in [2.24, 2.45) is 5.10 Å². The van der Waals surface area contributed by atoms with Crippen LogP contribution in [0.1, 0.15) is 21.5 Å². The molecule has 160 valence electrons. The SMILES string of the molecule is O=C(NN=Cc1cc(Br)ccc1OCc1ccccc1F)c1cc2ccccc2cc1O. The van der Waals surface area contributed by atoms with Crippen LogP contribution < -0.4 is 10.2 Å². The van der Waals surface area contributed by atoms with Crippen LogP contribution in [0.4, 0.5) is 4.39 Å². The third-order valence-corrected chi connectivity index (χ3v) is 5.28. The van der Waals surface area contributed by atoms with Gasteiger partial charge in [0.05, 0.1) is 11.8 Å². The van der Waals surface area contributed by atoms with E-state index in [0.717, 1.165) is 15.2 Å². The van der Waals surface area contributed by atoms with Gasteiger partial charge in [0, 0.05) is 15.6 Å². The van der Waals surface area contributed by atoms with Crippen LogP contribution in [0.2, 0.25) is 0 Å². The van der Waals surface area contributed by atoms with E-state index in [1.54, 1.807) is 42.5 Å². The summed E-state index contributed by atoms with van der Waals surface area (Å²) >= 11 is 3.40. The maximum atomic E-state index is 13.9. The second-order valence-electron chi connectivity index (χ2n) is 6.98. The fraction of sp³-hybridized carbons (Fsp3) is 0.0400. The molecule has 32 heavy (non-hydrogen) atoms. The Hall–Kier alpha value is -3.71. The molecule has 0 heterocycles. The Morgan fingerprint density at radius 3 is 2.53 bits per heavy atom. The van der Waals surface area contributed by atoms with E-state index in [-0.39, 0.29) is 23.7 Å². The van der Waals surface area contributed by atoms with Crippen LogP contribution in [0.5, 0.6) is 11.5 Å². The lowest BCUT2D eigenvalue weighted by molar-refractivity contribution is 0.0952. The third-order valence-electron chi connectivity index (χ3n) is 4.79. The molecular weight excluding hydrogens is 475 g/mol. The molecular formula is C25H18BrFN2O3. The quantitative estimate of drug-likeness (QED) is 0.264. The number of hydrogen-bond acceptors (Lipinski definition) is 4. The minimum absolute atomic E-state index is 0.0481. The topological polar surface area (TPSA) is 70.9 Å². The summed E-state index contributed by atoms with van der Waals surface area (Å²) in [5.41, 5.74) is 3.55. The Bertz CT molecular complexity index is 1320. The van der Waals surface area contributed by atoms with Crippen LogP contribution in [0.25, 0.3) is 10.8 Å². The van der Waals surface area contributed by atoms with Crippen molar-refractivity contribution in [3.63, 3.8) is 0 Å². The summed E-state index contributed by atoms with van der Waals surface area (Å²) < 4.78 is 20.4. The van der Waals surface area contributed by atoms with Crippen LogP contribution in [0.15, 0.2) is 88.4 Å². The number of benzene rings is 4. The Morgan fingerprint density at radius 2 is 1.75 bits per heavy atom. The number of nitrogens with zero attached hydrogens (tertiary/aromatic N) is 1. The molecule has 0 radical (unpaired) electrons. The molecule has 0 aliphatic rings. The summed E-state index contributed by atoms with van der Waals surface area (Å²) in [6.07, 6.45) is 1.43. The van der Waals surface area contributed by atoms with Crippen molar-refractivity contribution in [1.82, 2.24) is 5.43 Å². The van der Waals surface area contributed by atoms with E-state index in [2.05, 4.69) is 26.5 Å². The van der Waals surface area contributed by atoms with Gasteiger partial charge in [0.2, 0.25) is 0 Å². The van der Waals surface area contributed by atoms with Gasteiger partial charge in [0.15, 0.2) is 0 Å². The van der Waals surface area contributed by atoms with Gasteiger partial charge in [-0.2, -0.15) is 5.10 Å². The Morgan fingerprint density at radius 1 is 1.03 bits per heavy atom. The molecule has 7 heteroatoms. The predicted molar refractivity (Wildman–Crippen MR) is 126 cm³/mol. The lowest BCUT2D eigenvalue weighted by Crippen LogP contribution is -2.17. The molecule has 0 aliphatic carbocycles. The molecule has 0 spiro atoms. The van der Waals surface area contributed by atoms with Gasteiger partial charge in [0.25, 0.3) is 5.91 Å². The van der Waals surface area contributed by atoms with Crippen molar-refractivity contribution in [1.29, 1.82) is 0 Å². The van der Waals surface area contributed by atoms with Gasteiger partial charge in [-0.25, -0.2) is 9.82 Å². The highest BCUT2D eigenvalue weighted by atomic mass is 79.9. The number of rotatable bonds is 6. The number of fused-ring (bicyclic) bond motifs is 1. The molecule has 0 saturated carbocycles. The number of ether oxygens (including phenoxy) is 1. The molecule has 0 fully saturated rings. The molecule has 0 aliphatic heterocycles. The molecule has 4 aromatic carbocycles. The number of hydrogen-bond donors (Lipinski definition) is 2. The number of hydrazone groups is 1. The minimum atomic E-state index is -0.548. The molecule has 4 rings (SSSR count). The monoisotopic (exact) mass is 492 g/mol. The Labute approximate surface area is 192 Å². The van der Waals surface area contributed by atoms with Gasteiger partial charge in [-0.05, 0) is 47.2 Å². The lowest BCUT2D eigenvalue weighted by atomic mass is 10.1. The summed E-state index contributed by atoms with van der Waals surface area (Å²) in [6, 6.07) is 22.2. The largest absolute Gasteiger partial charge is 0.507 e. The Kier molecular flexibility index (Phi) is 6.47. The highest BCUT2D eigenvalue weighted by Crippen LogP contribution is 2.25. The number of nitrogens with one attached hydrogen (secondary N) is 1. The summed E-state index contributed by atoms with van der Waals surface area (Å²) in [7, 11) is 0. The maximum Gasteiger partial charge on any atom is 0.275 e. The van der Waals surface area contributed by atoms with Crippen molar-refractivity contribution in [3.8, 4) is 11.5 Å². The lowest BCUT2D eigenvalue weighted by Gasteiger charge is -2.10. The third kappa shape index (κ3) is 4.95. The van der Waals surface area contributed by atoms with Crippen LogP contribution in [0.3, 0.4) is 0 Å². The zero-order valence-electron chi connectivity index (χ0n) is 16.8. The van der Waals surface area contributed by atoms with Crippen molar-refractivity contribution < 1.29 is 19.0 Å². The van der Waals surface area contributed by atoms with Crippen LogP contribution >= 0.6 is 15.9 Å². The predicted octanol–water partition coefficient (Wildman–Crippen LogP) is 5.79. The fourth-order valence-electron chi connectivity index (χ4n) is 3.15. The number of carbonyl (C=O) groups excluding carboxylic acids is 1. The van der Waals surface area contributed by atoms with Gasteiger partial charge in [-0.15, -0.1) is 0 Å². The van der Waals surface area contributed by atoms with Gasteiger partial charge in [-0.1, -0.05) is 58.4 Å². The van der Waals surface area contributed by atoms with Crippen LogP contribution in [0, 0.1) is 5.82 Å². The second kappa shape index (κ2) is 9.62. The first-order valence-corrected chi connectivity index (χ1v) is 10.5. The minimum Gasteiger partial charge on any atom is -0.507 e. The molecule has 1 amide bonds. The Balaban J connectivity index is 1.49. The highest BCUT2D eigenvalue weighted by molar-refractivity contribution is 9.10. The number of phenols is 1. The summed E-state index contributed by atoms with van der Waals surface area (Å²) in [5, 5.41) is 15.9. The molecule has 0 saturated heterocycles. The van der Waals surface area contributed by atoms with Gasteiger partial charge >= 0.3 is 0 Å². The molecule has 2 N–H and O–H groups in total. The smallest absolute Gasteiger partial charge is 0.275 e. The van der Waals surface area contributed by atoms with Crippen molar-refractivity contribution >= 4 is 38.8 Å². The molecule has 5 nitrogen and oxygen atoms in total. The zero-order valence-corrected chi connectivity index (χ0v) is 18.3. The molecule has 4 aromatic rings. The van der Waals surface area contributed by atoms with E-state index >= 15 is 0 Å². The highest BCUT2D eigenvalue weighted by Gasteiger charge is 2.12. The first kappa shape index (κ1) is 21.5. The first-order chi connectivity index (χ1) is 15.5. The number of phenolic OH excluding ortho intramolecular Hbond substituents is 1. The van der Waals surface area contributed by atoms with E-state index in [1.165, 1.54) is 18.3 Å². The zero-order chi connectivity index (χ0) is 22.5. The fourth-order valence-corrected chi connectivity index (χ4v) is 3.53. The van der Waals surface area contributed by atoms with Crippen molar-refractivity contribution in [3.05, 3.63) is 106 Å². The van der Waals surface area contributed by atoms with E-state index in [0.29, 0.717) is 16.9 Å². The van der Waals surface area contributed by atoms with E-state index in [9.17, 15) is 14.3 Å². The number of carbonyl (C=O) groups is 1. The van der Waals surface area contributed by atoms with Gasteiger partial charge in [-0.3, -0.25) is 4.79 Å². The second-order valence-corrected chi connectivity index (χ2v) is 7.89. The normalized spacial score (nSPS) is 11.1. The van der Waals surface area contributed by atoms with Crippen molar-refractivity contribution in [2.45, 2.75) is 6.61 Å². The van der Waals surface area contributed by atoms with Crippen LogP contribution in [-0.2, 0) is 6.61 Å². The summed E-state index contributed by atoms with van der Waals surface area (Å²) in [6.45, 7) is 0.0481. The molecule has 0 aromatic heterocycles. The number of aromatic hydroxyl groups is 1. The summed E-state index contributed by atoms with van der Waals surface area (Å²) in [5.74, 6) is -0.550. The maximum absolute atomic E-state index is 13.9. The molecule has 0 atom stereocenters. The average Bonchev–Trinajstić information content (AvgIpc) is 2.79. The van der Waals surface area contributed by atoms with Crippen LogP contribution in [-0.4, -0.2) is 17.2 Å². The molecule has 0 bridgehead atoms. The standard InChI is InChI=1S/C25H18BrFN2O3/c26-20-9-10-24(32-15-18-7-3-4-8-22(18)27)19(11-20)14-28-29-25(31)21-12-16-5-1-2-6-17(16)13-23(21)30/h1-14,30H,15H2,(H,29,31). The van der Waals surface area contributed by atoms with E-state index in [4.69, 9.17) is 4.74 Å². The number of halogens is 2. The average molecular weight is 493 g/mol. The van der Waals surface area contributed by atoms with Gasteiger partial charge < -0.3 is 9.84 Å². The first-order valence-electron chi connectivity index (χ1n) is 9.72.